The van der Waals surface area contributed by atoms with Gasteiger partial charge in [-0.25, -0.2) is 4.98 Å². The van der Waals surface area contributed by atoms with Gasteiger partial charge >= 0.3 is 0 Å². The second-order valence-electron chi connectivity index (χ2n) is 12.4. The predicted molar refractivity (Wildman–Crippen MR) is 160 cm³/mol. The fraction of sp³-hybridized carbons (Fsp3) is 0.562. The molecular formula is C32H44N6O3. The Bertz CT molecular complexity index is 1290. The number of pyridine rings is 1. The number of likely N-dealkylation sites (tertiary alicyclic amines) is 1. The highest BCUT2D eigenvalue weighted by atomic mass is 16.2. The number of rotatable bonds is 7. The number of nitrogens with zero attached hydrogens (tertiary/aromatic N) is 3. The number of nitrogens with two attached hydrogens (primary N) is 1. The van der Waals surface area contributed by atoms with E-state index in [1.807, 2.05) is 19.1 Å². The molecule has 2 saturated heterocycles. The van der Waals surface area contributed by atoms with Crippen molar-refractivity contribution in [1.29, 1.82) is 0 Å². The summed E-state index contributed by atoms with van der Waals surface area (Å²) in [7, 11) is 0. The van der Waals surface area contributed by atoms with E-state index in [1.165, 1.54) is 0 Å². The molecule has 3 heterocycles. The third-order valence-electron chi connectivity index (χ3n) is 9.35. The number of primary amides is 1. The lowest BCUT2D eigenvalue weighted by Gasteiger charge is -2.38. The molecule has 2 aliphatic heterocycles. The molecule has 5 rings (SSSR count). The van der Waals surface area contributed by atoms with Crippen LogP contribution in [0.5, 0.6) is 0 Å². The highest BCUT2D eigenvalue weighted by Gasteiger charge is 2.41. The number of carbonyl (C=O) groups excluding carboxylic acids is 3. The zero-order valence-electron chi connectivity index (χ0n) is 24.8. The number of carbonyl (C=O) groups is 3. The molecule has 3 amide bonds. The predicted octanol–water partition coefficient (Wildman–Crippen LogP) is 3.58. The van der Waals surface area contributed by atoms with E-state index in [2.05, 4.69) is 34.3 Å². The van der Waals surface area contributed by atoms with Gasteiger partial charge in [-0.1, -0.05) is 0 Å². The van der Waals surface area contributed by atoms with E-state index in [0.717, 1.165) is 69.5 Å². The Morgan fingerprint density at radius 2 is 1.59 bits per heavy atom. The van der Waals surface area contributed by atoms with Crippen LogP contribution in [-0.2, 0) is 0 Å². The average Bonchev–Trinajstić information content (AvgIpc) is 3.36. The molecule has 4 N–H and O–H groups in total. The zero-order valence-corrected chi connectivity index (χ0v) is 24.8. The highest BCUT2D eigenvalue weighted by Crippen LogP contribution is 2.39. The fourth-order valence-corrected chi connectivity index (χ4v) is 7.00. The minimum Gasteiger partial charge on any atom is -0.366 e. The highest BCUT2D eigenvalue weighted by molar-refractivity contribution is 5.99. The first-order chi connectivity index (χ1) is 19.6. The van der Waals surface area contributed by atoms with Gasteiger partial charge in [-0.05, 0) is 108 Å². The summed E-state index contributed by atoms with van der Waals surface area (Å²) in [6.45, 7) is 11.0. The number of amides is 3. The molecule has 3 fully saturated rings. The van der Waals surface area contributed by atoms with E-state index in [-0.39, 0.29) is 23.9 Å². The van der Waals surface area contributed by atoms with Crippen LogP contribution < -0.4 is 21.3 Å². The average molecular weight is 561 g/mol. The molecule has 1 aromatic heterocycles. The lowest BCUT2D eigenvalue weighted by molar-refractivity contribution is 0.0898. The van der Waals surface area contributed by atoms with Crippen molar-refractivity contribution in [2.24, 2.45) is 11.7 Å². The van der Waals surface area contributed by atoms with Crippen LogP contribution in [0.2, 0.25) is 0 Å². The molecule has 41 heavy (non-hydrogen) atoms. The van der Waals surface area contributed by atoms with Crippen LogP contribution in [0.15, 0.2) is 30.5 Å². The first kappa shape index (κ1) is 29.0. The summed E-state index contributed by atoms with van der Waals surface area (Å²) in [5, 5.41) is 6.46. The van der Waals surface area contributed by atoms with Crippen molar-refractivity contribution in [1.82, 2.24) is 20.5 Å². The van der Waals surface area contributed by atoms with Gasteiger partial charge in [-0.3, -0.25) is 14.4 Å². The van der Waals surface area contributed by atoms with Crippen molar-refractivity contribution in [2.75, 3.05) is 24.5 Å². The summed E-state index contributed by atoms with van der Waals surface area (Å²) in [5.41, 5.74) is 8.55. The Labute approximate surface area is 243 Å². The molecule has 3 unspecified atom stereocenters. The molecule has 9 nitrogen and oxygen atoms in total. The van der Waals surface area contributed by atoms with Crippen molar-refractivity contribution in [3.8, 4) is 0 Å². The van der Waals surface area contributed by atoms with E-state index < -0.39 is 5.91 Å². The molecule has 1 saturated carbocycles. The van der Waals surface area contributed by atoms with Gasteiger partial charge < -0.3 is 26.2 Å². The number of anilines is 1. The van der Waals surface area contributed by atoms with E-state index in [4.69, 9.17) is 10.7 Å². The third-order valence-corrected chi connectivity index (χ3v) is 9.35. The van der Waals surface area contributed by atoms with Crippen LogP contribution in [0.25, 0.3) is 0 Å². The van der Waals surface area contributed by atoms with E-state index in [1.54, 1.807) is 25.3 Å². The Hall–Kier alpha value is -3.46. The maximum Gasteiger partial charge on any atom is 0.253 e. The SMILES string of the molecule is Cc1cc(C(=O)NC2CC3CCCN(c4ccc(C(=O)NC5CCN(C(C)C)CC5)cn4)C3C2)c(C)cc1C(N)=O. The Morgan fingerprint density at radius 1 is 0.902 bits per heavy atom. The smallest absolute Gasteiger partial charge is 0.253 e. The topological polar surface area (TPSA) is 121 Å². The molecular weight excluding hydrogens is 516 g/mol. The van der Waals surface area contributed by atoms with Gasteiger partial charge in [0.15, 0.2) is 0 Å². The van der Waals surface area contributed by atoms with E-state index in [9.17, 15) is 14.4 Å². The largest absolute Gasteiger partial charge is 0.366 e. The molecule has 3 atom stereocenters. The Morgan fingerprint density at radius 3 is 2.24 bits per heavy atom. The van der Waals surface area contributed by atoms with Crippen molar-refractivity contribution in [3.05, 3.63) is 58.3 Å². The molecule has 1 aliphatic carbocycles. The first-order valence-corrected chi connectivity index (χ1v) is 15.1. The lowest BCUT2D eigenvalue weighted by atomic mass is 9.92. The molecule has 0 radical (unpaired) electrons. The van der Waals surface area contributed by atoms with Crippen LogP contribution in [0.1, 0.15) is 94.6 Å². The van der Waals surface area contributed by atoms with Crippen LogP contribution >= 0.6 is 0 Å². The molecule has 0 spiro atoms. The monoisotopic (exact) mass is 560 g/mol. The normalized spacial score (nSPS) is 23.3. The van der Waals surface area contributed by atoms with Gasteiger partial charge in [0.2, 0.25) is 5.91 Å². The standard InChI is InChI=1S/C32H44N6O3/c1-19(2)37-12-9-24(10-13-37)35-31(40)23-7-8-29(34-18-23)38-11-5-6-22-16-25(17-28(22)38)36-32(41)27-15-20(3)26(30(33)39)14-21(27)4/h7-8,14-15,18-19,22,24-25,28H,5-6,9-13,16-17H2,1-4H3,(H2,33,39)(H,35,40)(H,36,41). The number of piperidine rings is 2. The summed E-state index contributed by atoms with van der Waals surface area (Å²) in [6, 6.07) is 8.44. The number of aromatic nitrogens is 1. The van der Waals surface area contributed by atoms with Gasteiger partial charge in [0.1, 0.15) is 5.82 Å². The Kier molecular flexibility index (Phi) is 8.63. The molecule has 0 bridgehead atoms. The molecule has 9 heteroatoms. The first-order valence-electron chi connectivity index (χ1n) is 15.1. The second kappa shape index (κ2) is 12.2. The van der Waals surface area contributed by atoms with Crippen molar-refractivity contribution in [3.63, 3.8) is 0 Å². The summed E-state index contributed by atoms with van der Waals surface area (Å²) >= 11 is 0. The molecule has 220 valence electrons. The number of benzene rings is 1. The number of hydrogen-bond donors (Lipinski definition) is 3. The molecule has 2 aromatic rings. The summed E-state index contributed by atoms with van der Waals surface area (Å²) < 4.78 is 0. The van der Waals surface area contributed by atoms with E-state index in [0.29, 0.717) is 40.3 Å². The van der Waals surface area contributed by atoms with Crippen LogP contribution in [-0.4, -0.2) is 71.4 Å². The van der Waals surface area contributed by atoms with Crippen molar-refractivity contribution < 1.29 is 14.4 Å². The van der Waals surface area contributed by atoms with Gasteiger partial charge in [0, 0.05) is 61.1 Å². The van der Waals surface area contributed by atoms with Gasteiger partial charge in [-0.2, -0.15) is 0 Å². The minimum atomic E-state index is -0.484. The van der Waals surface area contributed by atoms with Crippen molar-refractivity contribution in [2.45, 2.75) is 90.4 Å². The summed E-state index contributed by atoms with van der Waals surface area (Å²) in [5.74, 6) is 0.724. The fourth-order valence-electron chi connectivity index (χ4n) is 7.00. The zero-order chi connectivity index (χ0) is 29.3. The molecule has 3 aliphatic rings. The van der Waals surface area contributed by atoms with Crippen LogP contribution in [0.3, 0.4) is 0 Å². The second-order valence-corrected chi connectivity index (χ2v) is 12.4. The number of fused-ring (bicyclic) bond motifs is 1. The minimum absolute atomic E-state index is 0.0541. The lowest BCUT2D eigenvalue weighted by Crippen LogP contribution is -2.46. The maximum atomic E-state index is 13.2. The number of nitrogens with one attached hydrogen (secondary N) is 2. The van der Waals surface area contributed by atoms with Crippen molar-refractivity contribution >= 4 is 23.5 Å². The number of hydrogen-bond acceptors (Lipinski definition) is 6. The Balaban J connectivity index is 1.19. The van der Waals surface area contributed by atoms with Gasteiger partial charge in [0.25, 0.3) is 11.8 Å². The van der Waals surface area contributed by atoms with Crippen LogP contribution in [0, 0.1) is 19.8 Å². The van der Waals surface area contributed by atoms with E-state index >= 15 is 0 Å². The van der Waals surface area contributed by atoms with Crippen LogP contribution in [0.4, 0.5) is 5.82 Å². The summed E-state index contributed by atoms with van der Waals surface area (Å²) in [6.07, 6.45) is 7.65. The third kappa shape index (κ3) is 6.40. The number of aryl methyl sites for hydroxylation is 2. The van der Waals surface area contributed by atoms with Gasteiger partial charge in [0.05, 0.1) is 5.56 Å². The van der Waals surface area contributed by atoms with Gasteiger partial charge in [-0.15, -0.1) is 0 Å². The summed E-state index contributed by atoms with van der Waals surface area (Å²) in [4.78, 5) is 47.3. The molecule has 1 aromatic carbocycles. The maximum absolute atomic E-state index is 13.2. The quantitative estimate of drug-likeness (QED) is 0.476.